The average Bonchev–Trinajstić information content (AvgIpc) is 2.73. The molecule has 3 nitrogen and oxygen atoms in total. The summed E-state index contributed by atoms with van der Waals surface area (Å²) in [7, 11) is 0. The Kier molecular flexibility index (Phi) is 4.58. The lowest BCUT2D eigenvalue weighted by atomic mass is 10.3. The third-order valence-corrected chi connectivity index (χ3v) is 3.97. The van der Waals surface area contributed by atoms with Gasteiger partial charge in [0.05, 0.1) is 4.88 Å². The normalized spacial score (nSPS) is 20.1. The van der Waals surface area contributed by atoms with Crippen LogP contribution in [0.2, 0.25) is 0 Å². The summed E-state index contributed by atoms with van der Waals surface area (Å²) < 4.78 is 0.967. The van der Waals surface area contributed by atoms with Crippen LogP contribution in [0.5, 0.6) is 0 Å². The minimum Gasteiger partial charge on any atom is -0.336 e. The highest BCUT2D eigenvalue weighted by atomic mass is 79.9. The minimum absolute atomic E-state index is 0. The van der Waals surface area contributed by atoms with Crippen LogP contribution in [0.1, 0.15) is 16.1 Å². The molecule has 0 saturated carbocycles. The zero-order chi connectivity index (χ0) is 10.1. The van der Waals surface area contributed by atoms with Crippen molar-refractivity contribution < 1.29 is 4.79 Å². The van der Waals surface area contributed by atoms with E-state index in [1.165, 1.54) is 11.3 Å². The molecule has 2 rings (SSSR count). The first-order valence-corrected chi connectivity index (χ1v) is 6.13. The molecule has 2 N–H and O–H groups in total. The highest BCUT2D eigenvalue weighted by molar-refractivity contribution is 9.10. The molecule has 0 spiro atoms. The number of carbonyl (C=O) groups excluding carboxylic acids is 1. The van der Waals surface area contributed by atoms with Gasteiger partial charge in [0.2, 0.25) is 0 Å². The molecule has 6 heteroatoms. The van der Waals surface area contributed by atoms with Gasteiger partial charge in [-0.1, -0.05) is 0 Å². The molecular weight excluding hydrogens is 300 g/mol. The first kappa shape index (κ1) is 13.0. The quantitative estimate of drug-likeness (QED) is 0.863. The molecule has 1 unspecified atom stereocenters. The van der Waals surface area contributed by atoms with Gasteiger partial charge in [0, 0.05) is 29.0 Å². The second kappa shape index (κ2) is 5.30. The number of nitrogens with two attached hydrogens (primary N) is 1. The van der Waals surface area contributed by atoms with Crippen LogP contribution < -0.4 is 5.73 Å². The van der Waals surface area contributed by atoms with Crippen LogP contribution in [0.4, 0.5) is 0 Å². The van der Waals surface area contributed by atoms with E-state index < -0.39 is 0 Å². The second-order valence-electron chi connectivity index (χ2n) is 3.43. The zero-order valence-electron chi connectivity index (χ0n) is 7.98. The Morgan fingerprint density at radius 1 is 1.67 bits per heavy atom. The highest BCUT2D eigenvalue weighted by Gasteiger charge is 2.25. The lowest BCUT2D eigenvalue weighted by Gasteiger charge is -2.13. The molecule has 15 heavy (non-hydrogen) atoms. The number of hydrogen-bond donors (Lipinski definition) is 1. The summed E-state index contributed by atoms with van der Waals surface area (Å²) in [4.78, 5) is 14.5. The van der Waals surface area contributed by atoms with E-state index in [4.69, 9.17) is 5.73 Å². The maximum atomic E-state index is 11.9. The van der Waals surface area contributed by atoms with E-state index in [9.17, 15) is 4.79 Å². The topological polar surface area (TPSA) is 46.3 Å². The van der Waals surface area contributed by atoms with Crippen molar-refractivity contribution in [1.82, 2.24) is 4.90 Å². The van der Waals surface area contributed by atoms with Gasteiger partial charge in [-0.2, -0.15) is 0 Å². The summed E-state index contributed by atoms with van der Waals surface area (Å²) >= 11 is 4.80. The number of thiophene rings is 1. The van der Waals surface area contributed by atoms with Crippen molar-refractivity contribution in [3.63, 3.8) is 0 Å². The molecule has 1 saturated heterocycles. The maximum Gasteiger partial charge on any atom is 0.264 e. The average molecular weight is 312 g/mol. The molecule has 1 aromatic heterocycles. The smallest absolute Gasteiger partial charge is 0.264 e. The van der Waals surface area contributed by atoms with Gasteiger partial charge >= 0.3 is 0 Å². The monoisotopic (exact) mass is 310 g/mol. The fourth-order valence-corrected chi connectivity index (χ4v) is 2.95. The van der Waals surface area contributed by atoms with Gasteiger partial charge in [-0.3, -0.25) is 4.79 Å². The van der Waals surface area contributed by atoms with E-state index in [-0.39, 0.29) is 24.4 Å². The molecule has 1 aromatic rings. The predicted octanol–water partition coefficient (Wildman–Crippen LogP) is 2.11. The molecule has 1 aliphatic rings. The first-order chi connectivity index (χ1) is 6.66. The number of amides is 1. The third kappa shape index (κ3) is 2.93. The van der Waals surface area contributed by atoms with Crippen molar-refractivity contribution in [2.24, 2.45) is 5.73 Å². The van der Waals surface area contributed by atoms with Crippen molar-refractivity contribution >= 4 is 45.6 Å². The van der Waals surface area contributed by atoms with Gasteiger partial charge in [0.25, 0.3) is 5.91 Å². The van der Waals surface area contributed by atoms with Crippen molar-refractivity contribution in [2.45, 2.75) is 12.5 Å². The second-order valence-corrected chi connectivity index (χ2v) is 5.26. The van der Waals surface area contributed by atoms with Crippen LogP contribution in [-0.4, -0.2) is 29.9 Å². The summed E-state index contributed by atoms with van der Waals surface area (Å²) in [6, 6.07) is 2.01. The molecule has 0 radical (unpaired) electrons. The molecular formula is C9H12BrClN2OS. The SMILES string of the molecule is Cl.NC1CCN(C(=O)c2cc(Br)cs2)C1. The molecule has 0 aromatic carbocycles. The number of halogens is 2. The number of carbonyl (C=O) groups is 1. The van der Waals surface area contributed by atoms with E-state index in [0.29, 0.717) is 6.54 Å². The van der Waals surface area contributed by atoms with Crippen LogP contribution in [0.25, 0.3) is 0 Å². The Morgan fingerprint density at radius 3 is 2.87 bits per heavy atom. The van der Waals surface area contributed by atoms with E-state index in [1.54, 1.807) is 0 Å². The van der Waals surface area contributed by atoms with Crippen molar-refractivity contribution in [2.75, 3.05) is 13.1 Å². The van der Waals surface area contributed by atoms with Gasteiger partial charge in [-0.05, 0) is 28.4 Å². The van der Waals surface area contributed by atoms with Gasteiger partial charge < -0.3 is 10.6 Å². The molecule has 0 aliphatic carbocycles. The van der Waals surface area contributed by atoms with Gasteiger partial charge in [0.15, 0.2) is 0 Å². The lowest BCUT2D eigenvalue weighted by Crippen LogP contribution is -2.31. The van der Waals surface area contributed by atoms with Crippen LogP contribution in [0.15, 0.2) is 15.9 Å². The largest absolute Gasteiger partial charge is 0.336 e. The first-order valence-electron chi connectivity index (χ1n) is 4.45. The molecule has 84 valence electrons. The van der Waals surface area contributed by atoms with E-state index in [0.717, 1.165) is 22.3 Å². The zero-order valence-corrected chi connectivity index (χ0v) is 11.2. The fraction of sp³-hybridized carbons (Fsp3) is 0.444. The van der Waals surface area contributed by atoms with Gasteiger partial charge in [0.1, 0.15) is 0 Å². The number of nitrogens with zero attached hydrogens (tertiary/aromatic N) is 1. The van der Waals surface area contributed by atoms with Crippen LogP contribution in [0, 0.1) is 0 Å². The molecule has 1 atom stereocenters. The van der Waals surface area contributed by atoms with Crippen molar-refractivity contribution in [3.8, 4) is 0 Å². The van der Waals surface area contributed by atoms with Crippen LogP contribution >= 0.6 is 39.7 Å². The Labute approximate surface area is 107 Å². The Bertz CT molecular complexity index is 358. The lowest BCUT2D eigenvalue weighted by molar-refractivity contribution is 0.0795. The van der Waals surface area contributed by atoms with E-state index in [2.05, 4.69) is 15.9 Å². The summed E-state index contributed by atoms with van der Waals surface area (Å²) in [6.07, 6.45) is 0.915. The summed E-state index contributed by atoms with van der Waals surface area (Å²) in [5, 5.41) is 1.92. The molecule has 1 aliphatic heterocycles. The third-order valence-electron chi connectivity index (χ3n) is 2.29. The Morgan fingerprint density at radius 2 is 2.40 bits per heavy atom. The highest BCUT2D eigenvalue weighted by Crippen LogP contribution is 2.22. The minimum atomic E-state index is 0. The predicted molar refractivity (Wildman–Crippen MR) is 67.8 cm³/mol. The standard InChI is InChI=1S/C9H11BrN2OS.ClH/c10-6-3-8(14-5-6)9(13)12-2-1-7(11)4-12;/h3,5,7H,1-2,4,11H2;1H. The molecule has 1 fully saturated rings. The Hall–Kier alpha value is -0.100. The summed E-state index contributed by atoms with van der Waals surface area (Å²) in [5.41, 5.74) is 5.75. The van der Waals surface area contributed by atoms with Crippen LogP contribution in [0.3, 0.4) is 0 Å². The van der Waals surface area contributed by atoms with Crippen molar-refractivity contribution in [3.05, 3.63) is 20.8 Å². The number of hydrogen-bond acceptors (Lipinski definition) is 3. The van der Waals surface area contributed by atoms with E-state index in [1.807, 2.05) is 16.3 Å². The number of rotatable bonds is 1. The van der Waals surface area contributed by atoms with Crippen molar-refractivity contribution in [1.29, 1.82) is 0 Å². The van der Waals surface area contributed by atoms with E-state index >= 15 is 0 Å². The molecule has 0 bridgehead atoms. The summed E-state index contributed by atoms with van der Waals surface area (Å²) in [5.74, 6) is 0.105. The fourth-order valence-electron chi connectivity index (χ4n) is 1.55. The summed E-state index contributed by atoms with van der Waals surface area (Å²) in [6.45, 7) is 1.48. The van der Waals surface area contributed by atoms with Crippen LogP contribution in [-0.2, 0) is 0 Å². The Balaban J connectivity index is 0.00000112. The molecule has 2 heterocycles. The van der Waals surface area contributed by atoms with Gasteiger partial charge in [-0.15, -0.1) is 23.7 Å². The van der Waals surface area contributed by atoms with Gasteiger partial charge in [-0.25, -0.2) is 0 Å². The number of likely N-dealkylation sites (tertiary alicyclic amines) is 1. The maximum absolute atomic E-state index is 11.9. The molecule has 1 amide bonds.